The van der Waals surface area contributed by atoms with Crippen molar-refractivity contribution in [1.82, 2.24) is 4.49 Å². The molecule has 122 valence electrons. The van der Waals surface area contributed by atoms with Gasteiger partial charge in [-0.25, -0.2) is 8.42 Å². The van der Waals surface area contributed by atoms with Gasteiger partial charge in [-0.15, -0.1) is 0 Å². The van der Waals surface area contributed by atoms with Crippen LogP contribution >= 0.6 is 6.19 Å². The number of rotatable bonds is 5. The van der Waals surface area contributed by atoms with Crippen LogP contribution in [-0.2, 0) is 21.8 Å². The monoisotopic (exact) mass is 373 g/mol. The molecule has 3 nitrogen and oxygen atoms in total. The van der Waals surface area contributed by atoms with E-state index < -0.39 is 16.2 Å². The number of hydrogen-bond acceptors (Lipinski definition) is 3. The lowest BCUT2D eigenvalue weighted by Gasteiger charge is -2.24. The Morgan fingerprint density at radius 2 is 1.04 bits per heavy atom. The molecule has 24 heavy (non-hydrogen) atoms. The van der Waals surface area contributed by atoms with Crippen molar-refractivity contribution in [3.8, 4) is 0 Å². The fourth-order valence-corrected chi connectivity index (χ4v) is 8.58. The van der Waals surface area contributed by atoms with E-state index in [1.54, 1.807) is 30.3 Å². The fourth-order valence-electron chi connectivity index (χ4n) is 2.35. The summed E-state index contributed by atoms with van der Waals surface area (Å²) in [5.41, 5.74) is 0. The molecule has 0 heterocycles. The zero-order valence-electron chi connectivity index (χ0n) is 12.7. The van der Waals surface area contributed by atoms with Crippen LogP contribution in [-0.4, -0.2) is 8.42 Å². The molecule has 0 aliphatic heterocycles. The van der Waals surface area contributed by atoms with E-state index >= 15 is 0 Å². The van der Waals surface area contributed by atoms with Crippen LogP contribution in [0.1, 0.15) is 0 Å². The first-order valence-electron chi connectivity index (χ1n) is 7.33. The molecule has 0 unspecified atom stereocenters. The van der Waals surface area contributed by atoms with Crippen LogP contribution in [0.15, 0.2) is 95.9 Å². The lowest BCUT2D eigenvalue weighted by atomic mass is 10.4. The van der Waals surface area contributed by atoms with Gasteiger partial charge in [-0.3, -0.25) is 0 Å². The minimum absolute atomic E-state index is 0.214. The summed E-state index contributed by atoms with van der Waals surface area (Å²) < 4.78 is 28.5. The first kappa shape index (κ1) is 17.1. The summed E-state index contributed by atoms with van der Waals surface area (Å²) in [5, 5.41) is 1.62. The highest BCUT2D eigenvalue weighted by molar-refractivity contribution is 8.24. The third-order valence-corrected chi connectivity index (χ3v) is 10.4. The summed E-state index contributed by atoms with van der Waals surface area (Å²) in [6, 6.07) is 27.1. The molecular formula is C18H16NO2PS2. The maximum atomic E-state index is 12.8. The second-order valence-electron chi connectivity index (χ2n) is 5.19. The minimum Gasteiger partial charge on any atom is -0.207 e. The Kier molecular flexibility index (Phi) is 4.97. The maximum absolute atomic E-state index is 12.8. The lowest BCUT2D eigenvalue weighted by Crippen LogP contribution is -2.31. The third-order valence-electron chi connectivity index (χ3n) is 3.54. The van der Waals surface area contributed by atoms with Gasteiger partial charge in [0.2, 0.25) is 10.0 Å². The Morgan fingerprint density at radius 1 is 0.667 bits per heavy atom. The average molecular weight is 373 g/mol. The molecule has 1 N–H and O–H groups in total. The standard InChI is InChI=1S/C18H16NO2PS2/c20-24(21,18-14-8-3-9-15-18)19-22(23,16-10-4-1-5-11-16)17-12-6-2-7-13-17/h1-15H,(H,19,23). The van der Waals surface area contributed by atoms with Gasteiger partial charge in [0.25, 0.3) is 0 Å². The smallest absolute Gasteiger partial charge is 0.207 e. The van der Waals surface area contributed by atoms with E-state index in [1.165, 1.54) is 0 Å². The van der Waals surface area contributed by atoms with E-state index in [9.17, 15) is 8.42 Å². The van der Waals surface area contributed by atoms with E-state index in [-0.39, 0.29) is 4.90 Å². The van der Waals surface area contributed by atoms with Crippen molar-refractivity contribution in [3.05, 3.63) is 91.0 Å². The van der Waals surface area contributed by atoms with Gasteiger partial charge in [-0.2, -0.15) is 4.49 Å². The minimum atomic E-state index is -3.72. The Hall–Kier alpha value is -1.78. The highest BCUT2D eigenvalue weighted by atomic mass is 32.4. The van der Waals surface area contributed by atoms with Gasteiger partial charge < -0.3 is 0 Å². The Labute approximate surface area is 147 Å². The molecule has 0 amide bonds. The molecule has 0 spiro atoms. The van der Waals surface area contributed by atoms with Crippen LogP contribution in [0.4, 0.5) is 0 Å². The van der Waals surface area contributed by atoms with Crippen molar-refractivity contribution in [2.75, 3.05) is 0 Å². The number of nitrogens with one attached hydrogen (secondary N) is 1. The molecule has 0 fully saturated rings. The molecule has 0 aromatic heterocycles. The van der Waals surface area contributed by atoms with E-state index in [1.807, 2.05) is 60.7 Å². The van der Waals surface area contributed by atoms with Gasteiger partial charge in [-0.1, -0.05) is 90.7 Å². The van der Waals surface area contributed by atoms with Gasteiger partial charge in [0.15, 0.2) is 0 Å². The molecule has 0 bridgehead atoms. The van der Waals surface area contributed by atoms with Gasteiger partial charge in [0, 0.05) is 10.6 Å². The predicted octanol–water partition coefficient (Wildman–Crippen LogP) is 3.01. The molecule has 3 aromatic rings. The van der Waals surface area contributed by atoms with Crippen molar-refractivity contribution < 1.29 is 8.42 Å². The molecular weight excluding hydrogens is 357 g/mol. The number of benzene rings is 3. The van der Waals surface area contributed by atoms with E-state index in [0.717, 1.165) is 10.6 Å². The Balaban J connectivity index is 2.12. The second kappa shape index (κ2) is 6.99. The van der Waals surface area contributed by atoms with E-state index in [0.29, 0.717) is 0 Å². The zero-order valence-corrected chi connectivity index (χ0v) is 15.3. The summed E-state index contributed by atoms with van der Waals surface area (Å²) in [7, 11) is -3.72. The van der Waals surface area contributed by atoms with Crippen LogP contribution in [0.25, 0.3) is 0 Å². The van der Waals surface area contributed by atoms with Crippen molar-refractivity contribution in [3.63, 3.8) is 0 Å². The van der Waals surface area contributed by atoms with Crippen LogP contribution in [0.3, 0.4) is 0 Å². The molecule has 0 radical (unpaired) electrons. The van der Waals surface area contributed by atoms with Crippen LogP contribution in [0.5, 0.6) is 0 Å². The molecule has 0 aliphatic carbocycles. The SMILES string of the molecule is O=S(=O)(NP(=S)(c1ccccc1)c1ccccc1)c1ccccc1. The predicted molar refractivity (Wildman–Crippen MR) is 103 cm³/mol. The van der Waals surface area contributed by atoms with E-state index in [4.69, 9.17) is 11.8 Å². The van der Waals surface area contributed by atoms with Crippen molar-refractivity contribution in [1.29, 1.82) is 0 Å². The molecule has 6 heteroatoms. The molecule has 0 saturated heterocycles. The highest BCUT2D eigenvalue weighted by Gasteiger charge is 2.28. The van der Waals surface area contributed by atoms with Gasteiger partial charge in [0.05, 0.1) is 11.1 Å². The normalized spacial score (nSPS) is 12.0. The van der Waals surface area contributed by atoms with E-state index in [2.05, 4.69) is 4.49 Å². The van der Waals surface area contributed by atoms with Crippen LogP contribution in [0.2, 0.25) is 0 Å². The maximum Gasteiger partial charge on any atom is 0.245 e. The molecule has 3 rings (SSSR count). The van der Waals surface area contributed by atoms with Crippen LogP contribution in [0, 0.1) is 0 Å². The van der Waals surface area contributed by atoms with Crippen molar-refractivity contribution >= 4 is 38.6 Å². The van der Waals surface area contributed by atoms with Gasteiger partial charge in [-0.05, 0) is 12.1 Å². The first-order chi connectivity index (χ1) is 11.5. The molecule has 0 saturated carbocycles. The summed E-state index contributed by atoms with van der Waals surface area (Å²) in [6.45, 7) is 0. The Bertz CT molecular complexity index is 916. The zero-order chi connectivity index (χ0) is 17.0. The molecule has 3 aromatic carbocycles. The number of sulfonamides is 1. The van der Waals surface area contributed by atoms with Crippen molar-refractivity contribution in [2.45, 2.75) is 4.90 Å². The summed E-state index contributed by atoms with van der Waals surface area (Å²) in [5.74, 6) is 0. The summed E-state index contributed by atoms with van der Waals surface area (Å²) >= 11 is 5.90. The highest BCUT2D eigenvalue weighted by Crippen LogP contribution is 2.40. The second-order valence-corrected chi connectivity index (χ2v) is 11.3. The van der Waals surface area contributed by atoms with Gasteiger partial charge in [0.1, 0.15) is 0 Å². The number of hydrogen-bond donors (Lipinski definition) is 1. The lowest BCUT2D eigenvalue weighted by molar-refractivity contribution is 0.594. The Morgan fingerprint density at radius 3 is 1.46 bits per heavy atom. The quantitative estimate of drug-likeness (QED) is 0.700. The third kappa shape index (κ3) is 3.50. The van der Waals surface area contributed by atoms with Gasteiger partial charge >= 0.3 is 0 Å². The molecule has 0 aliphatic rings. The molecule has 0 atom stereocenters. The van der Waals surface area contributed by atoms with Crippen LogP contribution < -0.4 is 15.1 Å². The average Bonchev–Trinajstić information content (AvgIpc) is 2.63. The first-order valence-corrected chi connectivity index (χ1v) is 11.6. The van der Waals surface area contributed by atoms with Crippen molar-refractivity contribution in [2.24, 2.45) is 0 Å². The largest absolute Gasteiger partial charge is 0.245 e. The summed E-state index contributed by atoms with van der Waals surface area (Å²) in [6.07, 6.45) is -2.72. The topological polar surface area (TPSA) is 46.2 Å². The fraction of sp³-hybridized carbons (Fsp3) is 0. The summed E-state index contributed by atoms with van der Waals surface area (Å²) in [4.78, 5) is 0.214.